The first-order valence-electron chi connectivity index (χ1n) is 4.61. The van der Waals surface area contributed by atoms with Crippen molar-refractivity contribution in [3.8, 4) is 5.75 Å². The summed E-state index contributed by atoms with van der Waals surface area (Å²) in [5.74, 6) is -0.493. The van der Waals surface area contributed by atoms with Gasteiger partial charge < -0.3 is 15.9 Å². The number of phenols is 1. The molecule has 8 nitrogen and oxygen atoms in total. The zero-order valence-electron chi connectivity index (χ0n) is 9.62. The van der Waals surface area contributed by atoms with Gasteiger partial charge in [-0.2, -0.15) is 21.0 Å². The maximum atomic E-state index is 9.76. The number of carboxylic acid groups (broad SMARTS) is 1. The van der Waals surface area contributed by atoms with Crippen molar-refractivity contribution >= 4 is 29.0 Å². The van der Waals surface area contributed by atoms with Crippen molar-refractivity contribution in [1.29, 1.82) is 0 Å². The number of rotatable bonds is 2. The van der Waals surface area contributed by atoms with Crippen LogP contribution in [0.3, 0.4) is 0 Å². The maximum Gasteiger partial charge on any atom is 0.394 e. The number of benzene rings is 1. The maximum absolute atomic E-state index is 9.76. The second-order valence-corrected chi connectivity index (χ2v) is 4.17. The molecule has 6 N–H and O–H groups in total. The third-order valence-corrected chi connectivity index (χ3v) is 1.66. The molecule has 0 amide bonds. The molecule has 19 heavy (non-hydrogen) atoms. The van der Waals surface area contributed by atoms with Crippen LogP contribution in [0.25, 0.3) is 0 Å². The van der Waals surface area contributed by atoms with E-state index in [1.54, 1.807) is 24.3 Å². The second kappa shape index (κ2) is 10.6. The van der Waals surface area contributed by atoms with E-state index in [1.165, 1.54) is 0 Å². The molecule has 1 aromatic rings. The first-order chi connectivity index (χ1) is 8.57. The standard InChI is InChI=1S/C6H6O.C3H7NO2S.H2O4S/c7-6-4-2-1-3-5-6;4-2(1-7)3(5)6;1-5(2,3)4/h1-5,7H;2,7H,1,4H2,(H,5,6);(H2,1,2,3,4). The summed E-state index contributed by atoms with van der Waals surface area (Å²) in [7, 11) is -4.67. The molecule has 1 atom stereocenters. The molecule has 0 radical (unpaired) electrons. The lowest BCUT2D eigenvalue weighted by Crippen LogP contribution is -2.31. The molecule has 110 valence electrons. The molecule has 0 bridgehead atoms. The van der Waals surface area contributed by atoms with Gasteiger partial charge in [0.15, 0.2) is 0 Å². The molecule has 0 spiro atoms. The van der Waals surface area contributed by atoms with E-state index in [0.717, 1.165) is 0 Å². The minimum atomic E-state index is -4.67. The molecular weight excluding hydrogens is 298 g/mol. The summed E-state index contributed by atoms with van der Waals surface area (Å²) in [6.07, 6.45) is 0. The SMILES string of the molecule is NC(CS)C(=O)O.O=S(=O)(O)O.Oc1ccccc1. The average Bonchev–Trinajstić information content (AvgIpc) is 2.27. The highest BCUT2D eigenvalue weighted by molar-refractivity contribution is 7.80. The summed E-state index contributed by atoms with van der Waals surface area (Å²) in [5.41, 5.74) is 4.94. The second-order valence-electron chi connectivity index (χ2n) is 2.91. The molecule has 0 aliphatic rings. The van der Waals surface area contributed by atoms with E-state index in [0.29, 0.717) is 5.75 Å². The highest BCUT2D eigenvalue weighted by Gasteiger charge is 2.06. The molecule has 1 aromatic carbocycles. The predicted octanol–water partition coefficient (Wildman–Crippen LogP) is 0.0675. The molecule has 0 aliphatic carbocycles. The Labute approximate surface area is 115 Å². The fourth-order valence-electron chi connectivity index (χ4n) is 0.506. The zero-order valence-corrected chi connectivity index (χ0v) is 11.3. The van der Waals surface area contributed by atoms with Gasteiger partial charge in [0.2, 0.25) is 0 Å². The van der Waals surface area contributed by atoms with Crippen LogP contribution in [0.1, 0.15) is 0 Å². The van der Waals surface area contributed by atoms with Crippen LogP contribution in [-0.4, -0.2) is 45.5 Å². The summed E-state index contributed by atoms with van der Waals surface area (Å²) in [6, 6.07) is 7.90. The summed E-state index contributed by atoms with van der Waals surface area (Å²) in [4.78, 5) is 9.76. The Morgan fingerprint density at radius 2 is 1.63 bits per heavy atom. The Morgan fingerprint density at radius 3 is 1.74 bits per heavy atom. The van der Waals surface area contributed by atoms with E-state index >= 15 is 0 Å². The number of para-hydroxylation sites is 1. The lowest BCUT2D eigenvalue weighted by Gasteiger charge is -1.96. The van der Waals surface area contributed by atoms with Gasteiger partial charge in [0, 0.05) is 5.75 Å². The molecular formula is C9H15NO7S2. The number of carbonyl (C=O) groups is 1. The van der Waals surface area contributed by atoms with E-state index in [1.807, 2.05) is 6.07 Å². The first-order valence-corrected chi connectivity index (χ1v) is 6.64. The van der Waals surface area contributed by atoms with Crippen LogP contribution in [0.4, 0.5) is 0 Å². The van der Waals surface area contributed by atoms with Crippen LogP contribution >= 0.6 is 12.6 Å². The average molecular weight is 313 g/mol. The minimum absolute atomic E-state index is 0.190. The van der Waals surface area contributed by atoms with Crippen LogP contribution in [0, 0.1) is 0 Å². The van der Waals surface area contributed by atoms with Gasteiger partial charge in [0.1, 0.15) is 11.8 Å². The molecule has 1 rings (SSSR count). The lowest BCUT2D eigenvalue weighted by molar-refractivity contribution is -0.137. The monoisotopic (exact) mass is 313 g/mol. The van der Waals surface area contributed by atoms with Crippen LogP contribution < -0.4 is 5.73 Å². The Kier molecular flexibility index (Phi) is 11.1. The summed E-state index contributed by atoms with van der Waals surface area (Å²) < 4.78 is 31.6. The molecule has 0 aromatic heterocycles. The molecule has 1 unspecified atom stereocenters. The van der Waals surface area contributed by atoms with Crippen LogP contribution in [-0.2, 0) is 15.2 Å². The number of phenolic OH excluding ortho intramolecular Hbond substituents is 1. The van der Waals surface area contributed by atoms with E-state index in [9.17, 15) is 4.79 Å². The Balaban J connectivity index is 0. The van der Waals surface area contributed by atoms with E-state index in [4.69, 9.17) is 33.5 Å². The number of thiol groups is 1. The Morgan fingerprint density at radius 1 is 1.26 bits per heavy atom. The normalized spacial score (nSPS) is 11.2. The number of carboxylic acids is 1. The number of nitrogens with two attached hydrogens (primary N) is 1. The van der Waals surface area contributed by atoms with Crippen molar-refractivity contribution in [2.24, 2.45) is 5.73 Å². The molecule has 0 saturated heterocycles. The van der Waals surface area contributed by atoms with Crippen molar-refractivity contribution < 1.29 is 32.5 Å². The van der Waals surface area contributed by atoms with Gasteiger partial charge >= 0.3 is 16.4 Å². The number of aliphatic carboxylic acids is 1. The van der Waals surface area contributed by atoms with E-state index < -0.39 is 22.4 Å². The first kappa shape index (κ1) is 20.0. The van der Waals surface area contributed by atoms with Crippen molar-refractivity contribution in [3.63, 3.8) is 0 Å². The van der Waals surface area contributed by atoms with Crippen molar-refractivity contribution in [2.45, 2.75) is 6.04 Å². The summed E-state index contributed by atoms with van der Waals surface area (Å²) >= 11 is 3.65. The minimum Gasteiger partial charge on any atom is -0.508 e. The van der Waals surface area contributed by atoms with Gasteiger partial charge in [-0.3, -0.25) is 13.9 Å². The highest BCUT2D eigenvalue weighted by atomic mass is 32.3. The third-order valence-electron chi connectivity index (χ3n) is 1.27. The van der Waals surface area contributed by atoms with Crippen LogP contribution in [0.15, 0.2) is 30.3 Å². The molecule has 10 heteroatoms. The fraction of sp³-hybridized carbons (Fsp3) is 0.222. The lowest BCUT2D eigenvalue weighted by atomic mass is 10.3. The zero-order chi connectivity index (χ0) is 15.5. The Hall–Kier alpha value is -1.33. The van der Waals surface area contributed by atoms with Gasteiger partial charge in [-0.15, -0.1) is 0 Å². The van der Waals surface area contributed by atoms with Crippen molar-refractivity contribution in [3.05, 3.63) is 30.3 Å². The van der Waals surface area contributed by atoms with Crippen molar-refractivity contribution in [2.75, 3.05) is 5.75 Å². The van der Waals surface area contributed by atoms with Crippen molar-refractivity contribution in [1.82, 2.24) is 0 Å². The van der Waals surface area contributed by atoms with E-state index in [-0.39, 0.29) is 5.75 Å². The highest BCUT2D eigenvalue weighted by Crippen LogP contribution is 2.02. The number of hydrogen-bond acceptors (Lipinski definition) is 6. The third kappa shape index (κ3) is 22.3. The topological polar surface area (TPSA) is 158 Å². The summed E-state index contributed by atoms with van der Waals surface area (Å²) in [5, 5.41) is 16.6. The van der Waals surface area contributed by atoms with E-state index in [2.05, 4.69) is 12.6 Å². The number of hydrogen-bond donors (Lipinski definition) is 6. The predicted molar refractivity (Wildman–Crippen MR) is 71.7 cm³/mol. The molecule has 0 saturated carbocycles. The smallest absolute Gasteiger partial charge is 0.394 e. The molecule has 0 fully saturated rings. The van der Waals surface area contributed by atoms with Gasteiger partial charge in [-0.05, 0) is 12.1 Å². The molecule has 0 heterocycles. The van der Waals surface area contributed by atoms with Crippen LogP contribution in [0.2, 0.25) is 0 Å². The fourth-order valence-corrected chi connectivity index (χ4v) is 0.662. The van der Waals surface area contributed by atoms with Gasteiger partial charge in [0.25, 0.3) is 0 Å². The van der Waals surface area contributed by atoms with Crippen LogP contribution in [0.5, 0.6) is 5.75 Å². The largest absolute Gasteiger partial charge is 0.508 e. The Bertz CT molecular complexity index is 441. The van der Waals surface area contributed by atoms with Gasteiger partial charge in [-0.25, -0.2) is 0 Å². The quantitative estimate of drug-likeness (QED) is 0.330. The van der Waals surface area contributed by atoms with Gasteiger partial charge in [-0.1, -0.05) is 18.2 Å². The number of aromatic hydroxyl groups is 1. The summed E-state index contributed by atoms with van der Waals surface area (Å²) in [6.45, 7) is 0. The van der Waals surface area contributed by atoms with Gasteiger partial charge in [0.05, 0.1) is 0 Å². The molecule has 0 aliphatic heterocycles.